The summed E-state index contributed by atoms with van der Waals surface area (Å²) in [6.07, 6.45) is 3.57. The van der Waals surface area contributed by atoms with Gasteiger partial charge < -0.3 is 29.2 Å². The molecule has 7 rings (SSSR count). The minimum Gasteiger partial charge on any atom is -0.497 e. The Morgan fingerprint density at radius 2 is 1.81 bits per heavy atom. The third kappa shape index (κ3) is 6.11. The zero-order chi connectivity index (χ0) is 36.8. The first-order valence-electron chi connectivity index (χ1n) is 17.3. The number of amides is 3. The molecule has 3 aromatic rings. The van der Waals surface area contributed by atoms with Gasteiger partial charge in [0.1, 0.15) is 16.4 Å². The molecule has 2 aromatic carbocycles. The van der Waals surface area contributed by atoms with Crippen molar-refractivity contribution < 1.29 is 37.0 Å². The third-order valence-corrected chi connectivity index (χ3v) is 12.6. The number of rotatable bonds is 11. The van der Waals surface area contributed by atoms with Crippen LogP contribution in [-0.4, -0.2) is 125 Å². The maximum atomic E-state index is 15.1. The van der Waals surface area contributed by atoms with Crippen LogP contribution in [0.2, 0.25) is 5.02 Å². The van der Waals surface area contributed by atoms with Crippen LogP contribution in [0.5, 0.6) is 17.4 Å². The van der Waals surface area contributed by atoms with Crippen molar-refractivity contribution in [3.05, 3.63) is 70.9 Å². The Labute approximate surface area is 308 Å². The smallest absolute Gasteiger partial charge is 0.318 e. The van der Waals surface area contributed by atoms with E-state index in [0.717, 1.165) is 39.1 Å². The van der Waals surface area contributed by atoms with Crippen molar-refractivity contribution in [2.75, 3.05) is 71.6 Å². The Morgan fingerprint density at radius 1 is 1.06 bits per heavy atom. The lowest BCUT2D eigenvalue weighted by Crippen LogP contribution is -2.67. The quantitative estimate of drug-likeness (QED) is 0.308. The van der Waals surface area contributed by atoms with Gasteiger partial charge in [-0.3, -0.25) is 14.6 Å². The molecule has 1 atom stereocenters. The minimum absolute atomic E-state index is 0.0154. The van der Waals surface area contributed by atoms with Gasteiger partial charge in [0.2, 0.25) is 5.88 Å². The van der Waals surface area contributed by atoms with Crippen LogP contribution in [0.15, 0.2) is 59.6 Å². The first kappa shape index (κ1) is 36.2. The molecule has 3 fully saturated rings. The number of anilines is 1. The average Bonchev–Trinajstić information content (AvgIpc) is 3.34. The van der Waals surface area contributed by atoms with Crippen LogP contribution in [0.4, 0.5) is 10.5 Å². The number of hydrogen-bond acceptors (Lipinski definition) is 11. The average molecular weight is 755 g/mol. The van der Waals surface area contributed by atoms with Crippen LogP contribution in [0, 0.1) is 0 Å². The van der Waals surface area contributed by atoms with Crippen LogP contribution >= 0.6 is 11.6 Å². The molecule has 0 aliphatic carbocycles. The van der Waals surface area contributed by atoms with Crippen LogP contribution in [0.25, 0.3) is 0 Å². The highest BCUT2D eigenvalue weighted by Gasteiger charge is 2.59. The number of aromatic nitrogens is 1. The molecule has 0 spiro atoms. The number of ether oxygens (including phenoxy) is 4. The fourth-order valence-electron chi connectivity index (χ4n) is 7.57. The second kappa shape index (κ2) is 14.3. The van der Waals surface area contributed by atoms with E-state index in [1.165, 1.54) is 56.8 Å². The van der Waals surface area contributed by atoms with Crippen LogP contribution in [-0.2, 0) is 25.1 Å². The lowest BCUT2D eigenvalue weighted by atomic mass is 9.84. The van der Waals surface area contributed by atoms with E-state index in [4.69, 9.17) is 30.5 Å². The Morgan fingerprint density at radius 3 is 2.46 bits per heavy atom. The number of sulfonamides is 1. The summed E-state index contributed by atoms with van der Waals surface area (Å²) in [4.78, 5) is 40.0. The van der Waals surface area contributed by atoms with Crippen molar-refractivity contribution in [1.82, 2.24) is 25.0 Å². The summed E-state index contributed by atoms with van der Waals surface area (Å²) in [6.45, 7) is 6.28. The van der Waals surface area contributed by atoms with E-state index in [9.17, 15) is 13.2 Å². The molecule has 16 heteroatoms. The largest absolute Gasteiger partial charge is 0.497 e. The summed E-state index contributed by atoms with van der Waals surface area (Å²) in [5.41, 5.74) is -1.74. The maximum absolute atomic E-state index is 15.1. The number of likely N-dealkylation sites (N-methyl/N-ethyl adjacent to an activating group) is 1. The highest BCUT2D eigenvalue weighted by molar-refractivity contribution is 7.93. The molecule has 3 amide bonds. The Balaban J connectivity index is 1.21. The monoisotopic (exact) mass is 754 g/mol. The predicted molar refractivity (Wildman–Crippen MR) is 193 cm³/mol. The fraction of sp³-hybridized carbons (Fsp3) is 0.472. The van der Waals surface area contributed by atoms with Gasteiger partial charge in [-0.25, -0.2) is 18.2 Å². The Bertz CT molecular complexity index is 1950. The molecule has 0 bridgehead atoms. The number of fused-ring (bicyclic) bond motifs is 1. The number of likely N-dealkylation sites (tertiary alicyclic amines) is 2. The van der Waals surface area contributed by atoms with Crippen LogP contribution in [0.3, 0.4) is 0 Å². The highest BCUT2D eigenvalue weighted by Crippen LogP contribution is 2.50. The maximum Gasteiger partial charge on any atom is 0.318 e. The van der Waals surface area contributed by atoms with E-state index >= 15 is 4.79 Å². The first-order valence-corrected chi connectivity index (χ1v) is 19.2. The van der Waals surface area contributed by atoms with Crippen molar-refractivity contribution in [3.8, 4) is 17.4 Å². The van der Waals surface area contributed by atoms with E-state index in [1.807, 2.05) is 0 Å². The molecule has 52 heavy (non-hydrogen) atoms. The second-order valence-corrected chi connectivity index (χ2v) is 15.6. The number of carbonyl (C=O) groups is 2. The number of nitrogens with zero attached hydrogens (tertiary/aromatic N) is 5. The van der Waals surface area contributed by atoms with Crippen molar-refractivity contribution >= 4 is 39.2 Å². The van der Waals surface area contributed by atoms with Gasteiger partial charge in [-0.1, -0.05) is 11.6 Å². The normalized spacial score (nSPS) is 21.5. The van der Waals surface area contributed by atoms with E-state index in [1.54, 1.807) is 24.0 Å². The van der Waals surface area contributed by atoms with Gasteiger partial charge >= 0.3 is 6.03 Å². The number of methoxy groups -OCH3 is 2. The fourth-order valence-corrected chi connectivity index (χ4v) is 9.35. The van der Waals surface area contributed by atoms with Gasteiger partial charge in [0.25, 0.3) is 15.9 Å². The Hall–Kier alpha value is -4.15. The third-order valence-electron chi connectivity index (χ3n) is 10.7. The van der Waals surface area contributed by atoms with Gasteiger partial charge in [0, 0.05) is 61.1 Å². The number of pyridine rings is 1. The van der Waals surface area contributed by atoms with E-state index in [2.05, 4.69) is 27.1 Å². The molecule has 1 N–H and O–H groups in total. The number of carbonyl (C=O) groups excluding carboxylic acids is 2. The van der Waals surface area contributed by atoms with Gasteiger partial charge in [0.15, 0.2) is 5.54 Å². The van der Waals surface area contributed by atoms with Crippen LogP contribution < -0.4 is 23.8 Å². The number of halogens is 1. The summed E-state index contributed by atoms with van der Waals surface area (Å²) >= 11 is 6.55. The van der Waals surface area contributed by atoms with Crippen LogP contribution in [0.1, 0.15) is 30.9 Å². The number of hydrogen-bond donors (Lipinski definition) is 1. The SMILES string of the molecule is CCOc1ncccc1[C@]1(NC(=O)N2CC(N3CCC(N(C)C4COC4)CC3)C2)C(=O)N(S(=O)(=O)c2ccc(OC)cc2OC)c2ccc(Cl)cc21. The summed E-state index contributed by atoms with van der Waals surface area (Å²) in [6, 6.07) is 12.4. The topological polar surface area (TPSA) is 143 Å². The molecule has 0 radical (unpaired) electrons. The Kier molecular flexibility index (Phi) is 9.99. The summed E-state index contributed by atoms with van der Waals surface area (Å²) in [5.74, 6) is -0.555. The van der Waals surface area contributed by atoms with E-state index in [-0.39, 0.29) is 51.0 Å². The standard InChI is InChI=1S/C36H43ClN6O8S/c1-5-51-33-28(7-6-14-38-33)36(39-35(45)42-19-25(20-42)41-15-12-24(13-16-41)40(2)26-21-50-22-26)29-17-23(37)8-10-30(29)43(34(36)44)52(46,47)32-11-9-27(48-3)18-31(32)49-4/h6-11,14,17-18,24-26H,5,12-13,15-16,19-22H2,1-4H3,(H,39,45)/t36-/m1/s1. The summed E-state index contributed by atoms with van der Waals surface area (Å²) in [5, 5.41) is 3.21. The van der Waals surface area contributed by atoms with Gasteiger partial charge in [0.05, 0.1) is 51.3 Å². The molecule has 4 aliphatic heterocycles. The van der Waals surface area contributed by atoms with Crippen molar-refractivity contribution in [1.29, 1.82) is 0 Å². The minimum atomic E-state index is -4.65. The number of nitrogens with one attached hydrogen (secondary N) is 1. The molecule has 0 saturated carbocycles. The van der Waals surface area contributed by atoms with Crippen molar-refractivity contribution in [3.63, 3.8) is 0 Å². The molecule has 14 nitrogen and oxygen atoms in total. The van der Waals surface area contributed by atoms with E-state index in [0.29, 0.717) is 35.2 Å². The lowest BCUT2D eigenvalue weighted by molar-refractivity contribution is -0.121. The first-order chi connectivity index (χ1) is 25.0. The van der Waals surface area contributed by atoms with Gasteiger partial charge in [-0.15, -0.1) is 0 Å². The zero-order valence-corrected chi connectivity index (χ0v) is 31.2. The molecular weight excluding hydrogens is 712 g/mol. The molecule has 5 heterocycles. The highest BCUT2D eigenvalue weighted by atomic mass is 35.5. The molecule has 4 aliphatic rings. The summed E-state index contributed by atoms with van der Waals surface area (Å²) < 4.78 is 51.9. The summed E-state index contributed by atoms with van der Waals surface area (Å²) in [7, 11) is 0.293. The molecule has 1 aromatic heterocycles. The molecule has 0 unspecified atom stereocenters. The molecule has 278 valence electrons. The van der Waals surface area contributed by atoms with Gasteiger partial charge in [-0.05, 0) is 69.3 Å². The zero-order valence-electron chi connectivity index (χ0n) is 29.6. The van der Waals surface area contributed by atoms with Crippen molar-refractivity contribution in [2.24, 2.45) is 0 Å². The van der Waals surface area contributed by atoms with Crippen molar-refractivity contribution in [2.45, 2.75) is 48.3 Å². The lowest BCUT2D eigenvalue weighted by Gasteiger charge is -2.50. The van der Waals surface area contributed by atoms with Gasteiger partial charge in [-0.2, -0.15) is 4.31 Å². The molecular formula is C36H43ClN6O8S. The second-order valence-electron chi connectivity index (χ2n) is 13.4. The molecule has 3 saturated heterocycles. The number of piperidine rings is 1. The number of benzene rings is 2. The number of urea groups is 1. The predicted octanol–water partition coefficient (Wildman–Crippen LogP) is 3.32. The van der Waals surface area contributed by atoms with E-state index < -0.39 is 27.5 Å².